The summed E-state index contributed by atoms with van der Waals surface area (Å²) in [4.78, 5) is 0. The van der Waals surface area contributed by atoms with Crippen LogP contribution >= 0.6 is 0 Å². The van der Waals surface area contributed by atoms with Crippen LogP contribution in [0.25, 0.3) is 0 Å². The minimum atomic E-state index is 0.0707. The molecule has 0 saturated carbocycles. The molecule has 0 spiro atoms. The Morgan fingerprint density at radius 2 is 1.94 bits per heavy atom. The van der Waals surface area contributed by atoms with E-state index in [1.165, 1.54) is 11.1 Å². The maximum absolute atomic E-state index is 6.23. The zero-order valence-electron chi connectivity index (χ0n) is 10.3. The van der Waals surface area contributed by atoms with Gasteiger partial charge in [0.1, 0.15) is 18.4 Å². The topological polar surface area (TPSA) is 38.5 Å². The molecule has 1 aliphatic rings. The summed E-state index contributed by atoms with van der Waals surface area (Å²) in [6.45, 7) is 2.63. The van der Waals surface area contributed by atoms with Crippen molar-refractivity contribution in [2.24, 2.45) is 5.84 Å². The van der Waals surface area contributed by atoms with Crippen LogP contribution in [0.15, 0.2) is 48.5 Å². The Labute approximate surface area is 107 Å². The van der Waals surface area contributed by atoms with Gasteiger partial charge in [-0.05, 0) is 30.2 Å². The van der Waals surface area contributed by atoms with Crippen LogP contribution in [0.2, 0.25) is 0 Å². The molecule has 18 heavy (non-hydrogen) atoms. The number of hydrogen-bond donors (Lipinski definition) is 1. The van der Waals surface area contributed by atoms with E-state index in [1.807, 2.05) is 37.3 Å². The van der Waals surface area contributed by atoms with Gasteiger partial charge in [-0.25, -0.2) is 5.84 Å². The summed E-state index contributed by atoms with van der Waals surface area (Å²) in [7, 11) is 0. The van der Waals surface area contributed by atoms with Crippen LogP contribution < -0.4 is 15.6 Å². The minimum absolute atomic E-state index is 0.0707. The third-order valence-electron chi connectivity index (χ3n) is 3.31. The summed E-state index contributed by atoms with van der Waals surface area (Å²) in [5, 5.41) is 1.80. The molecule has 1 heterocycles. The van der Waals surface area contributed by atoms with Crippen molar-refractivity contribution in [3.05, 3.63) is 59.7 Å². The van der Waals surface area contributed by atoms with Gasteiger partial charge in [-0.15, -0.1) is 0 Å². The largest absolute Gasteiger partial charge is 0.489 e. The van der Waals surface area contributed by atoms with Gasteiger partial charge >= 0.3 is 0 Å². The van der Waals surface area contributed by atoms with Crippen molar-refractivity contribution in [1.82, 2.24) is 0 Å². The van der Waals surface area contributed by atoms with Gasteiger partial charge in [-0.3, -0.25) is 5.01 Å². The number of aryl methyl sites for hydroxylation is 1. The molecule has 2 aromatic rings. The summed E-state index contributed by atoms with van der Waals surface area (Å²) in [6, 6.07) is 16.4. The maximum atomic E-state index is 6.23. The van der Waals surface area contributed by atoms with E-state index in [-0.39, 0.29) is 6.04 Å². The summed E-state index contributed by atoms with van der Waals surface area (Å²) < 4.78 is 5.82. The van der Waals surface area contributed by atoms with Gasteiger partial charge in [0.05, 0.1) is 5.69 Å². The van der Waals surface area contributed by atoms with Crippen LogP contribution in [-0.4, -0.2) is 6.61 Å². The van der Waals surface area contributed by atoms with Crippen molar-refractivity contribution < 1.29 is 4.74 Å². The van der Waals surface area contributed by atoms with Gasteiger partial charge in [0.2, 0.25) is 0 Å². The van der Waals surface area contributed by atoms with E-state index in [2.05, 4.69) is 18.2 Å². The predicted octanol–water partition coefficient (Wildman–Crippen LogP) is 2.81. The second-order valence-electron chi connectivity index (χ2n) is 4.62. The Balaban J connectivity index is 1.97. The highest BCUT2D eigenvalue weighted by Crippen LogP contribution is 2.37. The first-order chi connectivity index (χ1) is 8.75. The lowest BCUT2D eigenvalue weighted by molar-refractivity contribution is 0.264. The van der Waals surface area contributed by atoms with Crippen LogP contribution in [0.4, 0.5) is 5.69 Å². The molecule has 0 amide bonds. The smallest absolute Gasteiger partial charge is 0.144 e. The van der Waals surface area contributed by atoms with Crippen LogP contribution in [0.5, 0.6) is 5.75 Å². The molecule has 0 bridgehead atoms. The molecule has 3 heteroatoms. The standard InChI is InChI=1S/C15H16N2O/c1-11-7-8-13-15(9-11)18-10-14(17(13)16)12-5-3-2-4-6-12/h2-9,14H,10,16H2,1H3. The fourth-order valence-corrected chi connectivity index (χ4v) is 2.30. The highest BCUT2D eigenvalue weighted by molar-refractivity contribution is 5.61. The molecule has 2 N–H and O–H groups in total. The first-order valence-electron chi connectivity index (χ1n) is 6.08. The van der Waals surface area contributed by atoms with Crippen LogP contribution in [0, 0.1) is 6.92 Å². The molecule has 92 valence electrons. The molecule has 0 radical (unpaired) electrons. The van der Waals surface area contributed by atoms with E-state index in [0.717, 1.165) is 11.4 Å². The molecular weight excluding hydrogens is 224 g/mol. The van der Waals surface area contributed by atoms with Gasteiger partial charge in [-0.2, -0.15) is 0 Å². The number of ether oxygens (including phenoxy) is 1. The second kappa shape index (κ2) is 4.35. The molecule has 1 aliphatic heterocycles. The van der Waals surface area contributed by atoms with Gasteiger partial charge in [0.25, 0.3) is 0 Å². The maximum Gasteiger partial charge on any atom is 0.144 e. The van der Waals surface area contributed by atoms with Gasteiger partial charge in [-0.1, -0.05) is 36.4 Å². The summed E-state index contributed by atoms with van der Waals surface area (Å²) in [5.74, 6) is 7.09. The van der Waals surface area contributed by atoms with Crippen molar-refractivity contribution in [1.29, 1.82) is 0 Å². The number of nitrogens with two attached hydrogens (primary N) is 1. The normalized spacial score (nSPS) is 18.1. The molecule has 3 rings (SSSR count). The molecule has 2 aromatic carbocycles. The third-order valence-corrected chi connectivity index (χ3v) is 3.31. The van der Waals surface area contributed by atoms with Crippen molar-refractivity contribution in [2.75, 3.05) is 11.6 Å². The Morgan fingerprint density at radius 1 is 1.17 bits per heavy atom. The first kappa shape index (κ1) is 11.1. The number of hydrogen-bond acceptors (Lipinski definition) is 3. The highest BCUT2D eigenvalue weighted by atomic mass is 16.5. The molecule has 0 aliphatic carbocycles. The first-order valence-corrected chi connectivity index (χ1v) is 6.08. The zero-order valence-corrected chi connectivity index (χ0v) is 10.3. The number of fused-ring (bicyclic) bond motifs is 1. The number of hydrazine groups is 1. The quantitative estimate of drug-likeness (QED) is 0.779. The highest BCUT2D eigenvalue weighted by Gasteiger charge is 2.26. The second-order valence-corrected chi connectivity index (χ2v) is 4.62. The number of anilines is 1. The SMILES string of the molecule is Cc1ccc2c(c1)OCC(c1ccccc1)N2N. The van der Waals surface area contributed by atoms with Gasteiger partial charge in [0, 0.05) is 0 Å². The molecule has 1 atom stereocenters. The fraction of sp³-hybridized carbons (Fsp3) is 0.200. The lowest BCUT2D eigenvalue weighted by atomic mass is 10.0. The van der Waals surface area contributed by atoms with E-state index in [0.29, 0.717) is 6.61 Å². The van der Waals surface area contributed by atoms with Gasteiger partial charge < -0.3 is 4.74 Å². The summed E-state index contributed by atoms with van der Waals surface area (Å²) in [5.41, 5.74) is 3.30. The lowest BCUT2D eigenvalue weighted by Gasteiger charge is -2.35. The number of nitrogens with zero attached hydrogens (tertiary/aromatic N) is 1. The Hall–Kier alpha value is -2.00. The molecule has 0 saturated heterocycles. The molecule has 1 unspecified atom stereocenters. The van der Waals surface area contributed by atoms with E-state index in [4.69, 9.17) is 10.6 Å². The van der Waals surface area contributed by atoms with Crippen molar-refractivity contribution >= 4 is 5.69 Å². The Morgan fingerprint density at radius 3 is 2.72 bits per heavy atom. The molecule has 3 nitrogen and oxygen atoms in total. The Kier molecular flexibility index (Phi) is 2.68. The van der Waals surface area contributed by atoms with E-state index in [9.17, 15) is 0 Å². The summed E-state index contributed by atoms with van der Waals surface area (Å²) >= 11 is 0. The van der Waals surface area contributed by atoms with Crippen LogP contribution in [0.1, 0.15) is 17.2 Å². The fourth-order valence-electron chi connectivity index (χ4n) is 2.30. The average Bonchev–Trinajstić information content (AvgIpc) is 2.40. The summed E-state index contributed by atoms with van der Waals surface area (Å²) in [6.07, 6.45) is 0. The van der Waals surface area contributed by atoms with Crippen LogP contribution in [-0.2, 0) is 0 Å². The average molecular weight is 240 g/mol. The lowest BCUT2D eigenvalue weighted by Crippen LogP contribution is -2.41. The molecule has 0 aromatic heterocycles. The van der Waals surface area contributed by atoms with Crippen molar-refractivity contribution in [3.63, 3.8) is 0 Å². The molecule has 0 fully saturated rings. The van der Waals surface area contributed by atoms with E-state index in [1.54, 1.807) is 5.01 Å². The van der Waals surface area contributed by atoms with Crippen molar-refractivity contribution in [2.45, 2.75) is 13.0 Å². The van der Waals surface area contributed by atoms with Crippen molar-refractivity contribution in [3.8, 4) is 5.75 Å². The van der Waals surface area contributed by atoms with E-state index < -0.39 is 0 Å². The van der Waals surface area contributed by atoms with Crippen LogP contribution in [0.3, 0.4) is 0 Å². The third kappa shape index (κ3) is 1.83. The van der Waals surface area contributed by atoms with Gasteiger partial charge in [0.15, 0.2) is 0 Å². The Bertz CT molecular complexity index is 554. The number of rotatable bonds is 1. The predicted molar refractivity (Wildman–Crippen MR) is 72.5 cm³/mol. The number of benzene rings is 2. The molecular formula is C15H16N2O. The van der Waals surface area contributed by atoms with E-state index >= 15 is 0 Å². The zero-order chi connectivity index (χ0) is 12.5. The monoisotopic (exact) mass is 240 g/mol. The minimum Gasteiger partial charge on any atom is -0.489 e.